The molecule has 0 bridgehead atoms. The van der Waals surface area contributed by atoms with Crippen molar-refractivity contribution in [1.82, 2.24) is 18.4 Å². The number of methoxy groups -OCH3 is 1. The van der Waals surface area contributed by atoms with Gasteiger partial charge in [-0.2, -0.15) is 25.4 Å². The van der Waals surface area contributed by atoms with Crippen molar-refractivity contribution in [3.05, 3.63) is 129 Å². The Morgan fingerprint density at radius 3 is 1.30 bits per heavy atom. The highest BCUT2D eigenvalue weighted by atomic mass is 35.5. The molecule has 0 radical (unpaired) electrons. The average Bonchev–Trinajstić information content (AvgIpc) is 3.29. The SMILES string of the molecule is CC(C)N1CCN(S(=O)(=O)N(Cc2ccc(C(=O)CN)cc2)c2ccc(F)c(Cl)c2)CC1.COC(=O)c1ccc(CN(c2ccc(F)c(Cl)c2)S(=O)(=O)N2CCN(C(C)C)CC2)cc1. The van der Waals surface area contributed by atoms with Crippen molar-refractivity contribution in [2.75, 3.05) is 74.6 Å². The van der Waals surface area contributed by atoms with Gasteiger partial charge in [0.15, 0.2) is 5.78 Å². The van der Waals surface area contributed by atoms with Crippen LogP contribution < -0.4 is 14.3 Å². The summed E-state index contributed by atoms with van der Waals surface area (Å²) in [5.74, 6) is -1.92. The Morgan fingerprint density at radius 1 is 0.625 bits per heavy atom. The number of halogens is 4. The lowest BCUT2D eigenvalue weighted by atomic mass is 10.1. The second kappa shape index (κ2) is 22.3. The Morgan fingerprint density at radius 2 is 0.984 bits per heavy atom. The summed E-state index contributed by atoms with van der Waals surface area (Å²) in [6, 6.07) is 21.5. The van der Waals surface area contributed by atoms with Crippen molar-refractivity contribution >= 4 is 66.7 Å². The summed E-state index contributed by atoms with van der Waals surface area (Å²) >= 11 is 11.9. The van der Waals surface area contributed by atoms with Gasteiger partial charge >= 0.3 is 26.4 Å². The van der Waals surface area contributed by atoms with Crippen LogP contribution in [0.25, 0.3) is 0 Å². The fourth-order valence-electron chi connectivity index (χ4n) is 7.18. The maximum Gasteiger partial charge on any atom is 0.337 e. The smallest absolute Gasteiger partial charge is 0.337 e. The largest absolute Gasteiger partial charge is 0.465 e. The number of carbonyl (C=O) groups excluding carboxylic acids is 2. The van der Waals surface area contributed by atoms with Crippen molar-refractivity contribution in [3.63, 3.8) is 0 Å². The third-order valence-corrected chi connectivity index (χ3v) is 15.5. The van der Waals surface area contributed by atoms with Gasteiger partial charge in [-0.1, -0.05) is 59.6 Å². The van der Waals surface area contributed by atoms with Gasteiger partial charge in [-0.15, -0.1) is 0 Å². The van der Waals surface area contributed by atoms with Crippen LogP contribution in [-0.4, -0.2) is 125 Å². The molecule has 2 saturated heterocycles. The van der Waals surface area contributed by atoms with Crippen LogP contribution in [0.5, 0.6) is 0 Å². The summed E-state index contributed by atoms with van der Waals surface area (Å²) in [5, 5.41) is -0.315. The van der Waals surface area contributed by atoms with E-state index in [0.717, 1.165) is 12.1 Å². The molecule has 4 aromatic rings. The third kappa shape index (κ3) is 12.6. The normalized spacial score (nSPS) is 15.8. The molecule has 0 atom stereocenters. The molecule has 2 heterocycles. The van der Waals surface area contributed by atoms with E-state index >= 15 is 0 Å². The molecule has 0 spiro atoms. The molecule has 348 valence electrons. The molecular weight excluding hydrogens is 912 g/mol. The Balaban J connectivity index is 0.000000241. The zero-order valence-corrected chi connectivity index (χ0v) is 39.6. The van der Waals surface area contributed by atoms with Gasteiger partial charge in [0, 0.05) is 70.0 Å². The number of nitrogens with two attached hydrogens (primary N) is 1. The van der Waals surface area contributed by atoms with Crippen molar-refractivity contribution in [3.8, 4) is 0 Å². The van der Waals surface area contributed by atoms with Gasteiger partial charge in [0.2, 0.25) is 0 Å². The molecule has 4 aromatic carbocycles. The first-order valence-corrected chi connectivity index (χ1v) is 24.2. The summed E-state index contributed by atoms with van der Waals surface area (Å²) in [5.41, 5.74) is 8.08. The number of ketones is 1. The number of carbonyl (C=O) groups is 2. The summed E-state index contributed by atoms with van der Waals surface area (Å²) in [7, 11) is -6.54. The average molecular weight is 967 g/mol. The van der Waals surface area contributed by atoms with E-state index in [1.807, 2.05) is 0 Å². The highest BCUT2D eigenvalue weighted by Gasteiger charge is 2.35. The molecule has 0 aliphatic carbocycles. The molecule has 14 nitrogen and oxygen atoms in total. The topological polar surface area (TPSA) is 157 Å². The van der Waals surface area contributed by atoms with Crippen molar-refractivity contribution in [1.29, 1.82) is 0 Å². The predicted octanol–water partition coefficient (Wildman–Crippen LogP) is 6.44. The van der Waals surface area contributed by atoms with Crippen LogP contribution in [0.2, 0.25) is 10.0 Å². The first-order valence-electron chi connectivity index (χ1n) is 20.7. The lowest BCUT2D eigenvalue weighted by Gasteiger charge is -2.39. The van der Waals surface area contributed by atoms with Crippen LogP contribution in [0.1, 0.15) is 59.5 Å². The molecular formula is C44H55Cl2F2N7O7S2. The minimum absolute atomic E-state index is 0.00383. The number of ether oxygens (including phenoxy) is 1. The minimum Gasteiger partial charge on any atom is -0.465 e. The number of hydrogen-bond donors (Lipinski definition) is 1. The number of benzene rings is 4. The molecule has 0 amide bonds. The van der Waals surface area contributed by atoms with Crippen LogP contribution in [0.3, 0.4) is 0 Å². The number of anilines is 2. The Hall–Kier alpha value is -4.24. The molecule has 2 aliphatic rings. The van der Waals surface area contributed by atoms with Gasteiger partial charge in [-0.25, -0.2) is 13.6 Å². The summed E-state index contributed by atoms with van der Waals surface area (Å²) < 4.78 is 92.0. The summed E-state index contributed by atoms with van der Waals surface area (Å²) in [4.78, 5) is 27.9. The lowest BCUT2D eigenvalue weighted by Crippen LogP contribution is -2.54. The molecule has 0 aromatic heterocycles. The quantitative estimate of drug-likeness (QED) is 0.104. The number of nitrogens with zero attached hydrogens (tertiary/aromatic N) is 6. The molecule has 0 unspecified atom stereocenters. The Bertz CT molecular complexity index is 2280. The summed E-state index contributed by atoms with van der Waals surface area (Å²) in [6.07, 6.45) is 0. The fourth-order valence-corrected chi connectivity index (χ4v) is 10.7. The highest BCUT2D eigenvalue weighted by Crippen LogP contribution is 2.30. The third-order valence-electron chi connectivity index (χ3n) is 11.1. The highest BCUT2D eigenvalue weighted by molar-refractivity contribution is 7.90. The first-order chi connectivity index (χ1) is 30.3. The van der Waals surface area contributed by atoms with Gasteiger partial charge in [-0.05, 0) is 87.4 Å². The van der Waals surface area contributed by atoms with Crippen molar-refractivity contribution < 1.29 is 39.9 Å². The van der Waals surface area contributed by atoms with Crippen LogP contribution in [0.4, 0.5) is 20.2 Å². The molecule has 2 N–H and O–H groups in total. The second-order valence-electron chi connectivity index (χ2n) is 15.8. The number of rotatable bonds is 15. The maximum atomic E-state index is 13.8. The van der Waals surface area contributed by atoms with Crippen LogP contribution >= 0.6 is 23.2 Å². The van der Waals surface area contributed by atoms with Gasteiger partial charge in [0.1, 0.15) is 11.6 Å². The number of piperazine rings is 2. The van der Waals surface area contributed by atoms with Crippen LogP contribution in [-0.2, 0) is 38.2 Å². The van der Waals surface area contributed by atoms with E-state index in [1.54, 1.807) is 48.5 Å². The lowest BCUT2D eigenvalue weighted by molar-refractivity contribution is 0.0600. The van der Waals surface area contributed by atoms with E-state index in [2.05, 4.69) is 37.5 Å². The molecule has 6 rings (SSSR count). The number of Topliss-reactive ketones (excluding diaryl/α,β-unsaturated/α-hetero) is 1. The second-order valence-corrected chi connectivity index (χ2v) is 20.3. The standard InChI is InChI=1S/C22H28ClFN4O3S.C22H27ClFN3O4S/c1-16(2)26-9-11-27(12-10-26)32(30,31)28(19-7-8-21(24)20(23)13-19)15-17-3-5-18(6-4-17)22(29)14-25;1-16(2)25-10-12-26(13-11-25)32(29,30)27(19-8-9-21(24)20(23)14-19)15-17-4-6-18(7-5-17)22(28)31-3/h3-8,13,16H,9-12,14-15,25H2,1-2H3;4-9,14,16H,10-13,15H2,1-3H3. The zero-order chi connectivity index (χ0) is 46.9. The van der Waals surface area contributed by atoms with Gasteiger partial charge in [-0.3, -0.25) is 23.2 Å². The van der Waals surface area contributed by atoms with Crippen LogP contribution in [0.15, 0.2) is 84.9 Å². The molecule has 2 aliphatic heterocycles. The van der Waals surface area contributed by atoms with E-state index in [9.17, 15) is 35.2 Å². The maximum absolute atomic E-state index is 13.8. The van der Waals surface area contributed by atoms with Crippen molar-refractivity contribution in [2.24, 2.45) is 5.73 Å². The van der Waals surface area contributed by atoms with Gasteiger partial charge in [0.05, 0.1) is 53.7 Å². The van der Waals surface area contributed by atoms with E-state index in [-0.39, 0.29) is 46.8 Å². The molecule has 20 heteroatoms. The van der Waals surface area contributed by atoms with E-state index in [0.29, 0.717) is 86.7 Å². The zero-order valence-electron chi connectivity index (χ0n) is 36.5. The summed E-state index contributed by atoms with van der Waals surface area (Å²) in [6.45, 7) is 12.2. The van der Waals surface area contributed by atoms with E-state index in [1.165, 1.54) is 48.6 Å². The van der Waals surface area contributed by atoms with Gasteiger partial charge in [0.25, 0.3) is 0 Å². The Labute approximate surface area is 385 Å². The Kier molecular flexibility index (Phi) is 17.7. The fraction of sp³-hybridized carbons (Fsp3) is 0.409. The molecule has 0 saturated carbocycles. The predicted molar refractivity (Wildman–Crippen MR) is 247 cm³/mol. The number of esters is 1. The van der Waals surface area contributed by atoms with Gasteiger partial charge < -0.3 is 10.5 Å². The van der Waals surface area contributed by atoms with E-state index < -0.39 is 38.0 Å². The van der Waals surface area contributed by atoms with E-state index in [4.69, 9.17) is 33.7 Å². The first kappa shape index (κ1) is 50.8. The molecule has 2 fully saturated rings. The minimum atomic E-state index is -3.92. The number of hydrogen-bond acceptors (Lipinski definition) is 10. The monoisotopic (exact) mass is 965 g/mol. The van der Waals surface area contributed by atoms with Crippen LogP contribution in [0, 0.1) is 11.6 Å². The molecule has 64 heavy (non-hydrogen) atoms. The van der Waals surface area contributed by atoms with Crippen molar-refractivity contribution in [2.45, 2.75) is 52.9 Å².